The summed E-state index contributed by atoms with van der Waals surface area (Å²) in [5.41, 5.74) is 2.93. The van der Waals surface area contributed by atoms with Crippen LogP contribution in [-0.4, -0.2) is 36.1 Å². The number of aliphatic hydroxyl groups excluding tert-OH is 1. The van der Waals surface area contributed by atoms with Gasteiger partial charge >= 0.3 is 0 Å². The standard InChI is InChI=1S/C31H26N2O6/c1-38-25-17-10-20(18-26(25)39-2)29(35)27-28(19-8-15-24(34)16-9-19)33(31(37)30(27)36)23-13-11-22(12-14-23)32-21-6-4-3-5-7-21/h3-18,28,32,34-35H,1-2H3/b29-27-. The summed E-state index contributed by atoms with van der Waals surface area (Å²) in [5.74, 6) is -1.11. The molecule has 0 spiro atoms. The van der Waals surface area contributed by atoms with Crippen molar-refractivity contribution in [3.63, 3.8) is 0 Å². The van der Waals surface area contributed by atoms with Gasteiger partial charge in [-0.2, -0.15) is 0 Å². The number of aliphatic hydroxyl groups is 1. The highest BCUT2D eigenvalue weighted by molar-refractivity contribution is 6.51. The van der Waals surface area contributed by atoms with Crippen molar-refractivity contribution in [1.29, 1.82) is 0 Å². The van der Waals surface area contributed by atoms with Gasteiger partial charge in [-0.15, -0.1) is 0 Å². The molecule has 1 heterocycles. The van der Waals surface area contributed by atoms with Crippen molar-refractivity contribution < 1.29 is 29.3 Å². The Bertz CT molecular complexity index is 1550. The van der Waals surface area contributed by atoms with Gasteiger partial charge in [-0.3, -0.25) is 14.5 Å². The lowest BCUT2D eigenvalue weighted by Gasteiger charge is -2.25. The van der Waals surface area contributed by atoms with E-state index in [1.807, 2.05) is 42.5 Å². The molecule has 8 heteroatoms. The minimum Gasteiger partial charge on any atom is -0.508 e. The molecule has 1 saturated heterocycles. The maximum Gasteiger partial charge on any atom is 0.300 e. The van der Waals surface area contributed by atoms with Gasteiger partial charge in [0, 0.05) is 22.6 Å². The number of phenolic OH excluding ortho intramolecular Hbond substituents is 1. The number of carbonyl (C=O) groups is 2. The van der Waals surface area contributed by atoms with Gasteiger partial charge in [-0.1, -0.05) is 30.3 Å². The van der Waals surface area contributed by atoms with Crippen LogP contribution in [0.3, 0.4) is 0 Å². The van der Waals surface area contributed by atoms with Crippen LogP contribution in [0.4, 0.5) is 17.1 Å². The largest absolute Gasteiger partial charge is 0.508 e. The van der Waals surface area contributed by atoms with Gasteiger partial charge in [-0.25, -0.2) is 0 Å². The molecular weight excluding hydrogens is 496 g/mol. The van der Waals surface area contributed by atoms with Crippen LogP contribution in [-0.2, 0) is 9.59 Å². The Labute approximate surface area is 225 Å². The summed E-state index contributed by atoms with van der Waals surface area (Å²) < 4.78 is 10.6. The zero-order valence-electron chi connectivity index (χ0n) is 21.3. The van der Waals surface area contributed by atoms with Crippen LogP contribution in [0, 0.1) is 0 Å². The highest BCUT2D eigenvalue weighted by Gasteiger charge is 2.47. The second kappa shape index (κ2) is 10.6. The predicted octanol–water partition coefficient (Wildman–Crippen LogP) is 5.78. The van der Waals surface area contributed by atoms with Crippen molar-refractivity contribution in [2.45, 2.75) is 6.04 Å². The second-order valence-electron chi connectivity index (χ2n) is 8.87. The number of para-hydroxylation sites is 1. The SMILES string of the molecule is COc1ccc(/C(O)=C2/C(=O)C(=O)N(c3ccc(Nc4ccccc4)cc3)C2c2ccc(O)cc2)cc1OC. The van der Waals surface area contributed by atoms with E-state index >= 15 is 0 Å². The Morgan fingerprint density at radius 2 is 1.44 bits per heavy atom. The lowest BCUT2D eigenvalue weighted by Crippen LogP contribution is -2.29. The van der Waals surface area contributed by atoms with Crippen molar-refractivity contribution in [3.8, 4) is 17.2 Å². The summed E-state index contributed by atoms with van der Waals surface area (Å²) in [6, 6.07) is 26.7. The lowest BCUT2D eigenvalue weighted by molar-refractivity contribution is -0.132. The average Bonchev–Trinajstić information content (AvgIpc) is 3.23. The van der Waals surface area contributed by atoms with Crippen molar-refractivity contribution in [2.75, 3.05) is 24.4 Å². The van der Waals surface area contributed by atoms with Crippen molar-refractivity contribution >= 4 is 34.5 Å². The summed E-state index contributed by atoms with van der Waals surface area (Å²) in [5, 5.41) is 24.5. The zero-order chi connectivity index (χ0) is 27.5. The fourth-order valence-electron chi connectivity index (χ4n) is 4.60. The van der Waals surface area contributed by atoms with E-state index in [1.165, 1.54) is 31.3 Å². The molecule has 0 radical (unpaired) electrons. The van der Waals surface area contributed by atoms with E-state index in [2.05, 4.69) is 5.32 Å². The molecule has 0 bridgehead atoms. The number of ketones is 1. The molecule has 0 aliphatic carbocycles. The number of Topliss-reactive ketones (excluding diaryl/α,β-unsaturated/α-hetero) is 1. The van der Waals surface area contributed by atoms with Gasteiger partial charge in [0.05, 0.1) is 25.8 Å². The number of hydrogen-bond acceptors (Lipinski definition) is 7. The molecule has 196 valence electrons. The highest BCUT2D eigenvalue weighted by Crippen LogP contribution is 2.43. The fraction of sp³-hybridized carbons (Fsp3) is 0.0968. The number of ether oxygens (including phenoxy) is 2. The number of anilines is 3. The Morgan fingerprint density at radius 3 is 2.08 bits per heavy atom. The van der Waals surface area contributed by atoms with E-state index in [0.717, 1.165) is 11.4 Å². The predicted molar refractivity (Wildman–Crippen MR) is 149 cm³/mol. The van der Waals surface area contributed by atoms with Gasteiger partial charge in [0.15, 0.2) is 11.5 Å². The molecule has 0 aromatic heterocycles. The molecule has 1 atom stereocenters. The summed E-state index contributed by atoms with van der Waals surface area (Å²) >= 11 is 0. The van der Waals surface area contributed by atoms with E-state index in [0.29, 0.717) is 22.7 Å². The molecule has 5 rings (SSSR count). The van der Waals surface area contributed by atoms with E-state index in [-0.39, 0.29) is 22.6 Å². The minimum atomic E-state index is -0.938. The van der Waals surface area contributed by atoms with Crippen molar-refractivity contribution in [1.82, 2.24) is 0 Å². The molecule has 8 nitrogen and oxygen atoms in total. The Morgan fingerprint density at radius 1 is 0.795 bits per heavy atom. The smallest absolute Gasteiger partial charge is 0.300 e. The zero-order valence-corrected chi connectivity index (χ0v) is 21.3. The minimum absolute atomic E-state index is 0.0342. The summed E-state index contributed by atoms with van der Waals surface area (Å²) in [7, 11) is 2.96. The first kappa shape index (κ1) is 25.4. The Balaban J connectivity index is 1.59. The van der Waals surface area contributed by atoms with E-state index in [9.17, 15) is 19.8 Å². The quantitative estimate of drug-likeness (QED) is 0.160. The molecule has 4 aromatic rings. The Hall–Kier alpha value is -5.24. The monoisotopic (exact) mass is 522 g/mol. The first-order valence-corrected chi connectivity index (χ1v) is 12.2. The molecule has 3 N–H and O–H groups in total. The van der Waals surface area contributed by atoms with Crippen LogP contribution in [0.2, 0.25) is 0 Å². The molecular formula is C31H26N2O6. The van der Waals surface area contributed by atoms with Gasteiger partial charge in [0.25, 0.3) is 11.7 Å². The number of carbonyl (C=O) groups excluding carboxylic acids is 2. The normalized spacial score (nSPS) is 16.3. The number of benzene rings is 4. The highest BCUT2D eigenvalue weighted by atomic mass is 16.5. The summed E-state index contributed by atoms with van der Waals surface area (Å²) in [6.45, 7) is 0. The van der Waals surface area contributed by atoms with Crippen LogP contribution >= 0.6 is 0 Å². The number of amides is 1. The fourth-order valence-corrected chi connectivity index (χ4v) is 4.60. The maximum atomic E-state index is 13.4. The van der Waals surface area contributed by atoms with Crippen LogP contribution in [0.15, 0.2) is 103 Å². The molecule has 39 heavy (non-hydrogen) atoms. The number of rotatable bonds is 7. The summed E-state index contributed by atoms with van der Waals surface area (Å²) in [4.78, 5) is 28.2. The van der Waals surface area contributed by atoms with Crippen molar-refractivity contribution in [2.24, 2.45) is 0 Å². The van der Waals surface area contributed by atoms with Gasteiger partial charge < -0.3 is 25.0 Å². The maximum absolute atomic E-state index is 13.4. The number of phenols is 1. The molecule has 1 unspecified atom stereocenters. The third-order valence-electron chi connectivity index (χ3n) is 6.52. The number of aromatic hydroxyl groups is 1. The van der Waals surface area contributed by atoms with Crippen LogP contribution in [0.5, 0.6) is 17.2 Å². The van der Waals surface area contributed by atoms with Crippen LogP contribution < -0.4 is 19.7 Å². The van der Waals surface area contributed by atoms with Crippen molar-refractivity contribution in [3.05, 3.63) is 114 Å². The second-order valence-corrected chi connectivity index (χ2v) is 8.87. The number of methoxy groups -OCH3 is 2. The van der Waals surface area contributed by atoms with Gasteiger partial charge in [-0.05, 0) is 72.3 Å². The third kappa shape index (κ3) is 4.87. The van der Waals surface area contributed by atoms with E-state index in [4.69, 9.17) is 9.47 Å². The number of nitrogens with one attached hydrogen (secondary N) is 1. The topological polar surface area (TPSA) is 108 Å². The summed E-state index contributed by atoms with van der Waals surface area (Å²) in [6.07, 6.45) is 0. The molecule has 4 aromatic carbocycles. The van der Waals surface area contributed by atoms with E-state index in [1.54, 1.807) is 42.5 Å². The number of nitrogens with zero attached hydrogens (tertiary/aromatic N) is 1. The average molecular weight is 523 g/mol. The molecule has 1 amide bonds. The van der Waals surface area contributed by atoms with Crippen LogP contribution in [0.25, 0.3) is 5.76 Å². The molecule has 0 saturated carbocycles. The van der Waals surface area contributed by atoms with Gasteiger partial charge in [0.1, 0.15) is 11.5 Å². The first-order chi connectivity index (χ1) is 18.9. The third-order valence-corrected chi connectivity index (χ3v) is 6.52. The van der Waals surface area contributed by atoms with Crippen LogP contribution in [0.1, 0.15) is 17.2 Å². The number of hydrogen-bond donors (Lipinski definition) is 3. The van der Waals surface area contributed by atoms with Gasteiger partial charge in [0.2, 0.25) is 0 Å². The lowest BCUT2D eigenvalue weighted by atomic mass is 9.95. The first-order valence-electron chi connectivity index (χ1n) is 12.2. The van der Waals surface area contributed by atoms with E-state index < -0.39 is 17.7 Å². The molecule has 1 aliphatic rings. The molecule has 1 fully saturated rings. The molecule has 1 aliphatic heterocycles. The Kier molecular flexibility index (Phi) is 6.93.